The summed E-state index contributed by atoms with van der Waals surface area (Å²) < 4.78 is 0. The lowest BCUT2D eigenvalue weighted by Crippen LogP contribution is -2.24. The highest BCUT2D eigenvalue weighted by molar-refractivity contribution is 7.99. The first-order valence-corrected chi connectivity index (χ1v) is 7.98. The molecule has 0 aromatic heterocycles. The van der Waals surface area contributed by atoms with Crippen LogP contribution >= 0.6 is 11.8 Å². The summed E-state index contributed by atoms with van der Waals surface area (Å²) in [6, 6.07) is 18.2. The minimum absolute atomic E-state index is 0.0831. The Labute approximate surface area is 129 Å². The fraction of sp³-hybridized carbons (Fsp3) is 0.235. The number of amides is 1. The standard InChI is InChI=1S/C17H18N2OS/c20-17(13-10-11-18-12-13)19-15-8-4-5-9-16(15)21-14-6-2-1-3-7-14/h1-9,13,18H,10-12H2,(H,19,20). The molecule has 1 amide bonds. The van der Waals surface area contributed by atoms with E-state index in [4.69, 9.17) is 0 Å². The van der Waals surface area contributed by atoms with Gasteiger partial charge in [-0.2, -0.15) is 0 Å². The predicted octanol–water partition coefficient (Wildman–Crippen LogP) is 3.39. The molecular formula is C17H18N2OS. The number of benzene rings is 2. The molecule has 1 aliphatic heterocycles. The van der Waals surface area contributed by atoms with Gasteiger partial charge in [-0.05, 0) is 37.2 Å². The van der Waals surface area contributed by atoms with Gasteiger partial charge < -0.3 is 10.6 Å². The molecule has 1 atom stereocenters. The highest BCUT2D eigenvalue weighted by Crippen LogP contribution is 2.33. The van der Waals surface area contributed by atoms with Crippen molar-refractivity contribution in [2.75, 3.05) is 18.4 Å². The quantitative estimate of drug-likeness (QED) is 0.909. The molecule has 0 aliphatic carbocycles. The third kappa shape index (κ3) is 3.65. The van der Waals surface area contributed by atoms with Gasteiger partial charge in [0.15, 0.2) is 0 Å². The molecule has 0 bridgehead atoms. The van der Waals surface area contributed by atoms with Crippen molar-refractivity contribution in [1.29, 1.82) is 0 Å². The van der Waals surface area contributed by atoms with Crippen molar-refractivity contribution in [2.24, 2.45) is 5.92 Å². The first-order chi connectivity index (χ1) is 10.3. The Morgan fingerprint density at radius 3 is 2.62 bits per heavy atom. The molecule has 1 saturated heterocycles. The molecule has 2 aromatic rings. The molecule has 0 radical (unpaired) electrons. The average molecular weight is 298 g/mol. The summed E-state index contributed by atoms with van der Waals surface area (Å²) in [4.78, 5) is 14.5. The van der Waals surface area contributed by atoms with Crippen LogP contribution in [0.5, 0.6) is 0 Å². The number of carbonyl (C=O) groups is 1. The molecule has 1 heterocycles. The smallest absolute Gasteiger partial charge is 0.228 e. The summed E-state index contributed by atoms with van der Waals surface area (Å²) in [6.07, 6.45) is 0.916. The van der Waals surface area contributed by atoms with Crippen LogP contribution in [0.15, 0.2) is 64.4 Å². The van der Waals surface area contributed by atoms with Crippen LogP contribution in [0.4, 0.5) is 5.69 Å². The van der Waals surface area contributed by atoms with Crippen LogP contribution in [0.2, 0.25) is 0 Å². The van der Waals surface area contributed by atoms with Crippen molar-refractivity contribution in [3.8, 4) is 0 Å². The maximum atomic E-state index is 12.3. The SMILES string of the molecule is O=C(Nc1ccccc1Sc1ccccc1)C1CCNC1. The van der Waals surface area contributed by atoms with Gasteiger partial charge in [0.2, 0.25) is 5.91 Å². The third-order valence-electron chi connectivity index (χ3n) is 3.55. The molecule has 0 saturated carbocycles. The first kappa shape index (κ1) is 14.2. The zero-order valence-corrected chi connectivity index (χ0v) is 12.5. The Bertz CT molecular complexity index is 609. The highest BCUT2D eigenvalue weighted by atomic mass is 32.2. The van der Waals surface area contributed by atoms with Crippen LogP contribution in [0, 0.1) is 5.92 Å². The van der Waals surface area contributed by atoms with Crippen LogP contribution < -0.4 is 10.6 Å². The van der Waals surface area contributed by atoms with E-state index in [1.165, 1.54) is 4.90 Å². The molecule has 2 N–H and O–H groups in total. The lowest BCUT2D eigenvalue weighted by Gasteiger charge is -2.13. The Morgan fingerprint density at radius 2 is 1.86 bits per heavy atom. The molecule has 3 rings (SSSR count). The van der Waals surface area contributed by atoms with Crippen LogP contribution in [-0.4, -0.2) is 19.0 Å². The minimum atomic E-state index is 0.0831. The lowest BCUT2D eigenvalue weighted by molar-refractivity contribution is -0.119. The van der Waals surface area contributed by atoms with Crippen LogP contribution in [-0.2, 0) is 4.79 Å². The van der Waals surface area contributed by atoms with E-state index >= 15 is 0 Å². The normalized spacial score (nSPS) is 17.6. The average Bonchev–Trinajstić information content (AvgIpc) is 3.05. The summed E-state index contributed by atoms with van der Waals surface area (Å²) in [5.41, 5.74) is 0.892. The summed E-state index contributed by atoms with van der Waals surface area (Å²) in [7, 11) is 0. The molecule has 0 spiro atoms. The molecule has 1 fully saturated rings. The molecule has 108 valence electrons. The van der Waals surface area contributed by atoms with Crippen LogP contribution in [0.25, 0.3) is 0 Å². The number of hydrogen-bond acceptors (Lipinski definition) is 3. The lowest BCUT2D eigenvalue weighted by atomic mass is 10.1. The van der Waals surface area contributed by atoms with E-state index in [1.54, 1.807) is 11.8 Å². The maximum Gasteiger partial charge on any atom is 0.228 e. The molecule has 2 aromatic carbocycles. The molecule has 21 heavy (non-hydrogen) atoms. The first-order valence-electron chi connectivity index (χ1n) is 7.16. The number of carbonyl (C=O) groups excluding carboxylic acids is 1. The van der Waals surface area contributed by atoms with Crippen molar-refractivity contribution >= 4 is 23.4 Å². The Morgan fingerprint density at radius 1 is 1.10 bits per heavy atom. The largest absolute Gasteiger partial charge is 0.325 e. The third-order valence-corrected chi connectivity index (χ3v) is 4.63. The zero-order valence-electron chi connectivity index (χ0n) is 11.7. The van der Waals surface area contributed by atoms with E-state index in [1.807, 2.05) is 42.5 Å². The van der Waals surface area contributed by atoms with Gasteiger partial charge in [-0.3, -0.25) is 4.79 Å². The second-order valence-corrected chi connectivity index (χ2v) is 6.21. The summed E-state index contributed by atoms with van der Waals surface area (Å²) in [6.45, 7) is 1.71. The second kappa shape index (κ2) is 6.78. The van der Waals surface area contributed by atoms with Crippen molar-refractivity contribution in [2.45, 2.75) is 16.2 Å². The van der Waals surface area contributed by atoms with Crippen molar-refractivity contribution in [3.63, 3.8) is 0 Å². The fourth-order valence-electron chi connectivity index (χ4n) is 2.39. The van der Waals surface area contributed by atoms with E-state index in [-0.39, 0.29) is 11.8 Å². The van der Waals surface area contributed by atoms with Crippen molar-refractivity contribution < 1.29 is 4.79 Å². The molecular weight excluding hydrogens is 280 g/mol. The minimum Gasteiger partial charge on any atom is -0.325 e. The second-order valence-electron chi connectivity index (χ2n) is 5.09. The van der Waals surface area contributed by atoms with Crippen LogP contribution in [0.3, 0.4) is 0 Å². The van der Waals surface area contributed by atoms with E-state index < -0.39 is 0 Å². The Kier molecular flexibility index (Phi) is 4.58. The van der Waals surface area contributed by atoms with Gasteiger partial charge in [-0.25, -0.2) is 0 Å². The van der Waals surface area contributed by atoms with Gasteiger partial charge in [0.25, 0.3) is 0 Å². The Hall–Kier alpha value is -1.78. The number of anilines is 1. The van der Waals surface area contributed by atoms with Gasteiger partial charge in [0, 0.05) is 16.3 Å². The van der Waals surface area contributed by atoms with Gasteiger partial charge >= 0.3 is 0 Å². The van der Waals surface area contributed by atoms with Gasteiger partial charge in [0.05, 0.1) is 11.6 Å². The monoisotopic (exact) mass is 298 g/mol. The van der Waals surface area contributed by atoms with Crippen LogP contribution in [0.1, 0.15) is 6.42 Å². The molecule has 1 unspecified atom stereocenters. The van der Waals surface area contributed by atoms with Crippen molar-refractivity contribution in [3.05, 3.63) is 54.6 Å². The Balaban J connectivity index is 1.74. The highest BCUT2D eigenvalue weighted by Gasteiger charge is 2.22. The number of hydrogen-bond donors (Lipinski definition) is 2. The topological polar surface area (TPSA) is 41.1 Å². The van der Waals surface area contributed by atoms with E-state index in [0.29, 0.717) is 0 Å². The summed E-state index contributed by atoms with van der Waals surface area (Å²) in [5, 5.41) is 6.30. The zero-order chi connectivity index (χ0) is 14.5. The van der Waals surface area contributed by atoms with Gasteiger partial charge in [0.1, 0.15) is 0 Å². The van der Waals surface area contributed by atoms with E-state index in [2.05, 4.69) is 22.8 Å². The summed E-state index contributed by atoms with van der Waals surface area (Å²) in [5.74, 6) is 0.195. The molecule has 1 aliphatic rings. The van der Waals surface area contributed by atoms with Crippen molar-refractivity contribution in [1.82, 2.24) is 5.32 Å². The number of rotatable bonds is 4. The summed E-state index contributed by atoms with van der Waals surface area (Å²) >= 11 is 1.67. The van der Waals surface area contributed by atoms with E-state index in [0.717, 1.165) is 30.1 Å². The predicted molar refractivity (Wildman–Crippen MR) is 86.6 cm³/mol. The van der Waals surface area contributed by atoms with E-state index in [9.17, 15) is 4.79 Å². The fourth-order valence-corrected chi connectivity index (χ4v) is 3.31. The number of para-hydroxylation sites is 1. The van der Waals surface area contributed by atoms with Gasteiger partial charge in [-0.1, -0.05) is 42.1 Å². The number of nitrogens with one attached hydrogen (secondary N) is 2. The molecule has 3 nitrogen and oxygen atoms in total. The molecule has 4 heteroatoms. The maximum absolute atomic E-state index is 12.3. The van der Waals surface area contributed by atoms with Gasteiger partial charge in [-0.15, -0.1) is 0 Å².